The van der Waals surface area contributed by atoms with Crippen LogP contribution in [0.25, 0.3) is 11.1 Å². The lowest BCUT2D eigenvalue weighted by Gasteiger charge is -2.16. The number of nitrogens with one attached hydrogen (secondary N) is 1. The van der Waals surface area contributed by atoms with Crippen LogP contribution in [-0.4, -0.2) is 34.8 Å². The summed E-state index contributed by atoms with van der Waals surface area (Å²) >= 11 is 0. The maximum atomic E-state index is 12.6. The highest BCUT2D eigenvalue weighted by atomic mass is 16.4. The van der Waals surface area contributed by atoms with Crippen molar-refractivity contribution in [3.8, 4) is 0 Å². The third kappa shape index (κ3) is 1.85. The number of aromatic nitrogens is 1. The molecule has 2 aromatic rings. The number of likely N-dealkylation sites (tertiary alicyclic amines) is 1. The molecule has 2 heterocycles. The largest absolute Gasteiger partial charge is 0.424 e. The quantitative estimate of drug-likeness (QED) is 0.688. The number of hydrogen-bond donors (Lipinski definition) is 1. The Morgan fingerprint density at radius 3 is 2.54 bits per heavy atom. The first-order valence-electron chi connectivity index (χ1n) is 8.35. The van der Waals surface area contributed by atoms with E-state index in [4.69, 9.17) is 4.42 Å². The van der Waals surface area contributed by atoms with E-state index in [2.05, 4.69) is 22.5 Å². The van der Waals surface area contributed by atoms with Crippen LogP contribution in [0.4, 0.5) is 6.01 Å². The van der Waals surface area contributed by atoms with E-state index < -0.39 is 0 Å². The van der Waals surface area contributed by atoms with Crippen LogP contribution in [0.5, 0.6) is 0 Å². The normalized spacial score (nSPS) is 30.6. The predicted octanol–water partition coefficient (Wildman–Crippen LogP) is 2.05. The summed E-state index contributed by atoms with van der Waals surface area (Å²) in [5.74, 6) is 0.231. The van der Waals surface area contributed by atoms with Gasteiger partial charge in [-0.15, -0.1) is 0 Å². The molecule has 1 N–H and O–H groups in total. The van der Waals surface area contributed by atoms with Gasteiger partial charge in [-0.05, 0) is 30.4 Å². The van der Waals surface area contributed by atoms with Crippen molar-refractivity contribution in [1.82, 2.24) is 9.88 Å². The summed E-state index contributed by atoms with van der Waals surface area (Å²) in [5, 5.41) is 3.07. The summed E-state index contributed by atoms with van der Waals surface area (Å²) in [6, 6.07) is 7.93. The van der Waals surface area contributed by atoms with Crippen LogP contribution in [-0.2, 0) is 9.59 Å². The number of amides is 2. The minimum Gasteiger partial charge on any atom is -0.424 e. The highest BCUT2D eigenvalue weighted by Crippen LogP contribution is 2.52. The van der Waals surface area contributed by atoms with Crippen LogP contribution in [0.15, 0.2) is 40.8 Å². The first kappa shape index (κ1) is 13.8. The fourth-order valence-corrected chi connectivity index (χ4v) is 4.41. The van der Waals surface area contributed by atoms with Gasteiger partial charge in [0.25, 0.3) is 6.01 Å². The fourth-order valence-electron chi connectivity index (χ4n) is 4.41. The van der Waals surface area contributed by atoms with Crippen molar-refractivity contribution in [3.05, 3.63) is 36.4 Å². The van der Waals surface area contributed by atoms with Crippen molar-refractivity contribution in [2.45, 2.75) is 6.42 Å². The molecule has 2 bridgehead atoms. The zero-order chi connectivity index (χ0) is 16.3. The zero-order valence-corrected chi connectivity index (χ0v) is 13.0. The van der Waals surface area contributed by atoms with Crippen LogP contribution >= 0.6 is 0 Å². The molecule has 1 aliphatic heterocycles. The number of hydrogen-bond acceptors (Lipinski definition) is 5. The van der Waals surface area contributed by atoms with Gasteiger partial charge in [0.05, 0.1) is 11.8 Å². The highest BCUT2D eigenvalue weighted by Gasteiger charge is 2.58. The van der Waals surface area contributed by atoms with E-state index in [1.807, 2.05) is 24.3 Å². The third-order valence-electron chi connectivity index (χ3n) is 5.47. The number of benzene rings is 1. The summed E-state index contributed by atoms with van der Waals surface area (Å²) in [5.41, 5.74) is 1.50. The predicted molar refractivity (Wildman–Crippen MR) is 86.9 cm³/mol. The summed E-state index contributed by atoms with van der Waals surface area (Å²) < 4.78 is 5.58. The van der Waals surface area contributed by atoms with Crippen LogP contribution in [0, 0.1) is 23.7 Å². The van der Waals surface area contributed by atoms with Crippen molar-refractivity contribution in [2.24, 2.45) is 23.7 Å². The molecule has 1 aromatic carbocycles. The van der Waals surface area contributed by atoms with E-state index in [0.717, 1.165) is 11.9 Å². The molecule has 6 heteroatoms. The number of carbonyl (C=O) groups excluding carboxylic acids is 2. The second kappa shape index (κ2) is 4.93. The van der Waals surface area contributed by atoms with E-state index in [1.165, 1.54) is 4.90 Å². The van der Waals surface area contributed by atoms with Crippen molar-refractivity contribution >= 4 is 28.9 Å². The van der Waals surface area contributed by atoms with Gasteiger partial charge >= 0.3 is 0 Å². The first-order chi connectivity index (χ1) is 11.7. The van der Waals surface area contributed by atoms with Crippen molar-refractivity contribution in [1.29, 1.82) is 0 Å². The second-order valence-electron chi connectivity index (χ2n) is 6.74. The molecule has 24 heavy (non-hydrogen) atoms. The average molecular weight is 323 g/mol. The Labute approximate surface area is 138 Å². The molecule has 6 nitrogen and oxygen atoms in total. The maximum Gasteiger partial charge on any atom is 0.295 e. The van der Waals surface area contributed by atoms with Crippen LogP contribution in [0.3, 0.4) is 0 Å². The molecule has 0 radical (unpaired) electrons. The molecule has 5 rings (SSSR count). The van der Waals surface area contributed by atoms with Gasteiger partial charge < -0.3 is 9.73 Å². The Hall–Kier alpha value is -2.63. The Bertz CT molecular complexity index is 808. The van der Waals surface area contributed by atoms with Gasteiger partial charge in [-0.2, -0.15) is 4.98 Å². The lowest BCUT2D eigenvalue weighted by Crippen LogP contribution is -2.36. The molecule has 2 aliphatic carbocycles. The number of oxazole rings is 1. The Balaban J connectivity index is 1.26. The van der Waals surface area contributed by atoms with E-state index in [-0.39, 0.29) is 35.5 Å². The lowest BCUT2D eigenvalue weighted by atomic mass is 9.85. The molecule has 1 saturated heterocycles. The molecule has 122 valence electrons. The molecule has 3 aliphatic rings. The number of carbonyl (C=O) groups is 2. The topological polar surface area (TPSA) is 75.4 Å². The molecule has 2 fully saturated rings. The lowest BCUT2D eigenvalue weighted by molar-refractivity contribution is -0.140. The van der Waals surface area contributed by atoms with Crippen LogP contribution in [0.1, 0.15) is 6.42 Å². The molecule has 1 aromatic heterocycles. The number of rotatable bonds is 4. The van der Waals surface area contributed by atoms with Gasteiger partial charge in [0.15, 0.2) is 5.58 Å². The van der Waals surface area contributed by atoms with Crippen molar-refractivity contribution < 1.29 is 14.0 Å². The minimum atomic E-state index is -0.128. The van der Waals surface area contributed by atoms with Crippen LogP contribution < -0.4 is 5.32 Å². The minimum absolute atomic E-state index is 0.0128. The average Bonchev–Trinajstić information content (AvgIpc) is 3.33. The second-order valence-corrected chi connectivity index (χ2v) is 6.74. The smallest absolute Gasteiger partial charge is 0.295 e. The molecule has 0 spiro atoms. The van der Waals surface area contributed by atoms with Gasteiger partial charge in [-0.25, -0.2) is 0 Å². The number of imide groups is 1. The summed E-state index contributed by atoms with van der Waals surface area (Å²) in [4.78, 5) is 30.9. The number of fused-ring (bicyclic) bond motifs is 6. The molecule has 1 saturated carbocycles. The highest BCUT2D eigenvalue weighted by molar-refractivity contribution is 6.06. The van der Waals surface area contributed by atoms with Gasteiger partial charge in [0.2, 0.25) is 11.8 Å². The number of allylic oxidation sites excluding steroid dienone is 2. The van der Waals surface area contributed by atoms with Crippen molar-refractivity contribution in [2.75, 3.05) is 18.4 Å². The van der Waals surface area contributed by atoms with E-state index >= 15 is 0 Å². The summed E-state index contributed by atoms with van der Waals surface area (Å²) in [6.45, 7) is 0.787. The van der Waals surface area contributed by atoms with Gasteiger partial charge in [0, 0.05) is 13.1 Å². The van der Waals surface area contributed by atoms with E-state index in [0.29, 0.717) is 24.7 Å². The Kier molecular flexibility index (Phi) is 2.83. The zero-order valence-electron chi connectivity index (χ0n) is 13.0. The number of para-hydroxylation sites is 2. The van der Waals surface area contributed by atoms with Crippen molar-refractivity contribution in [3.63, 3.8) is 0 Å². The summed E-state index contributed by atoms with van der Waals surface area (Å²) in [6.07, 6.45) is 5.18. The standard InChI is InChI=1S/C18H17N3O3/c22-16-14-10-5-6-11(9-10)15(14)17(23)21(16)8-7-19-18-20-12-3-1-2-4-13(12)24-18/h1-6,10-11,14-15H,7-9H2,(H,19,20). The number of nitrogens with zero attached hydrogens (tertiary/aromatic N) is 2. The molecule has 2 amide bonds. The maximum absolute atomic E-state index is 12.6. The first-order valence-corrected chi connectivity index (χ1v) is 8.35. The van der Waals surface area contributed by atoms with Gasteiger partial charge in [-0.1, -0.05) is 24.3 Å². The fraction of sp³-hybridized carbons (Fsp3) is 0.389. The number of anilines is 1. The third-order valence-corrected chi connectivity index (χ3v) is 5.47. The molecule has 4 atom stereocenters. The Morgan fingerprint density at radius 1 is 1.12 bits per heavy atom. The molecule has 4 unspecified atom stereocenters. The molecular weight excluding hydrogens is 306 g/mol. The van der Waals surface area contributed by atoms with Gasteiger partial charge in [-0.3, -0.25) is 14.5 Å². The van der Waals surface area contributed by atoms with Crippen LogP contribution in [0.2, 0.25) is 0 Å². The monoisotopic (exact) mass is 323 g/mol. The Morgan fingerprint density at radius 2 is 1.83 bits per heavy atom. The SMILES string of the molecule is O=C1C2C3C=CC(C3)C2C(=O)N1CCNc1nc2ccccc2o1. The van der Waals surface area contributed by atoms with Gasteiger partial charge in [0.1, 0.15) is 5.52 Å². The van der Waals surface area contributed by atoms with E-state index in [9.17, 15) is 9.59 Å². The summed E-state index contributed by atoms with van der Waals surface area (Å²) in [7, 11) is 0. The van der Waals surface area contributed by atoms with E-state index in [1.54, 1.807) is 0 Å². The molecular formula is C18H17N3O3.